The number of anilines is 1. The van der Waals surface area contributed by atoms with Crippen molar-refractivity contribution in [2.75, 3.05) is 5.32 Å². The largest absolute Gasteiger partial charge is 0.368 e. The third-order valence-electron chi connectivity index (χ3n) is 1.32. The molecule has 0 aromatic carbocycles. The van der Waals surface area contributed by atoms with Gasteiger partial charge in [-0.2, -0.15) is 0 Å². The lowest BCUT2D eigenvalue weighted by Gasteiger charge is -2.08. The molecule has 1 aromatic heterocycles. The molecular formula is C9H14N2. The van der Waals surface area contributed by atoms with Gasteiger partial charge in [-0.05, 0) is 32.9 Å². The van der Waals surface area contributed by atoms with Gasteiger partial charge >= 0.3 is 0 Å². The molecule has 1 N–H and O–H groups in total. The van der Waals surface area contributed by atoms with E-state index in [0.29, 0.717) is 6.04 Å². The molecular weight excluding hydrogens is 136 g/mol. The van der Waals surface area contributed by atoms with Gasteiger partial charge in [-0.3, -0.25) is 0 Å². The highest BCUT2D eigenvalue weighted by molar-refractivity contribution is 5.35. The first-order valence-corrected chi connectivity index (χ1v) is 3.88. The standard InChI is InChI=1S/C9H14N2/c1-7(2)10-9-6-4-5-8(3)11-9/h4-7H,1-3H3,(H,10,11). The van der Waals surface area contributed by atoms with Crippen molar-refractivity contribution in [2.24, 2.45) is 0 Å². The van der Waals surface area contributed by atoms with Crippen molar-refractivity contribution in [1.82, 2.24) is 4.98 Å². The van der Waals surface area contributed by atoms with Gasteiger partial charge < -0.3 is 5.32 Å². The van der Waals surface area contributed by atoms with E-state index in [1.807, 2.05) is 25.1 Å². The van der Waals surface area contributed by atoms with E-state index in [9.17, 15) is 0 Å². The molecule has 0 spiro atoms. The van der Waals surface area contributed by atoms with E-state index in [4.69, 9.17) is 0 Å². The van der Waals surface area contributed by atoms with E-state index in [1.54, 1.807) is 0 Å². The van der Waals surface area contributed by atoms with Gasteiger partial charge in [-0.25, -0.2) is 4.98 Å². The highest BCUT2D eigenvalue weighted by Gasteiger charge is 1.94. The zero-order valence-corrected chi connectivity index (χ0v) is 7.26. The molecule has 1 heterocycles. The van der Waals surface area contributed by atoms with Crippen LogP contribution in [-0.2, 0) is 0 Å². The lowest BCUT2D eigenvalue weighted by Crippen LogP contribution is -2.10. The number of aromatic nitrogens is 1. The highest BCUT2D eigenvalue weighted by atomic mass is 15.0. The molecule has 1 aromatic rings. The van der Waals surface area contributed by atoms with E-state index in [2.05, 4.69) is 24.1 Å². The Kier molecular flexibility index (Phi) is 2.47. The molecule has 0 radical (unpaired) electrons. The van der Waals surface area contributed by atoms with Crippen LogP contribution in [0.1, 0.15) is 19.5 Å². The summed E-state index contributed by atoms with van der Waals surface area (Å²) in [6.45, 7) is 6.19. The molecule has 2 nitrogen and oxygen atoms in total. The predicted molar refractivity (Wildman–Crippen MR) is 47.7 cm³/mol. The minimum atomic E-state index is 0.448. The molecule has 0 atom stereocenters. The second kappa shape index (κ2) is 3.37. The van der Waals surface area contributed by atoms with Crippen LogP contribution < -0.4 is 5.32 Å². The number of nitrogens with zero attached hydrogens (tertiary/aromatic N) is 1. The third-order valence-corrected chi connectivity index (χ3v) is 1.32. The van der Waals surface area contributed by atoms with E-state index in [0.717, 1.165) is 11.5 Å². The van der Waals surface area contributed by atoms with Crippen LogP contribution in [0, 0.1) is 6.92 Å². The predicted octanol–water partition coefficient (Wildman–Crippen LogP) is 2.21. The molecule has 0 aliphatic heterocycles. The number of hydrogen-bond donors (Lipinski definition) is 1. The van der Waals surface area contributed by atoms with Crippen molar-refractivity contribution in [3.63, 3.8) is 0 Å². The van der Waals surface area contributed by atoms with Crippen LogP contribution >= 0.6 is 0 Å². The van der Waals surface area contributed by atoms with E-state index in [1.165, 1.54) is 0 Å². The van der Waals surface area contributed by atoms with Crippen molar-refractivity contribution in [1.29, 1.82) is 0 Å². The van der Waals surface area contributed by atoms with Gasteiger partial charge in [0, 0.05) is 11.7 Å². The van der Waals surface area contributed by atoms with Gasteiger partial charge in [-0.1, -0.05) is 6.07 Å². The van der Waals surface area contributed by atoms with Crippen LogP contribution in [0.3, 0.4) is 0 Å². The topological polar surface area (TPSA) is 24.9 Å². The smallest absolute Gasteiger partial charge is 0.126 e. The molecule has 0 fully saturated rings. The SMILES string of the molecule is Cc1cccc(NC(C)C)n1. The van der Waals surface area contributed by atoms with E-state index >= 15 is 0 Å². The lowest BCUT2D eigenvalue weighted by molar-refractivity contribution is 0.887. The summed E-state index contributed by atoms with van der Waals surface area (Å²) in [5.74, 6) is 0.958. The van der Waals surface area contributed by atoms with Crippen LogP contribution in [0.5, 0.6) is 0 Å². The number of rotatable bonds is 2. The summed E-state index contributed by atoms with van der Waals surface area (Å²) in [5, 5.41) is 3.23. The number of pyridine rings is 1. The summed E-state index contributed by atoms with van der Waals surface area (Å²) in [5.41, 5.74) is 1.05. The van der Waals surface area contributed by atoms with Crippen LogP contribution in [0.15, 0.2) is 18.2 Å². The highest BCUT2D eigenvalue weighted by Crippen LogP contribution is 2.04. The monoisotopic (exact) mass is 150 g/mol. The Morgan fingerprint density at radius 2 is 2.09 bits per heavy atom. The molecule has 0 aliphatic carbocycles. The Bertz CT molecular complexity index is 231. The maximum Gasteiger partial charge on any atom is 0.126 e. The van der Waals surface area contributed by atoms with Crippen LogP contribution in [0.2, 0.25) is 0 Å². The zero-order chi connectivity index (χ0) is 8.27. The molecule has 0 amide bonds. The van der Waals surface area contributed by atoms with Crippen molar-refractivity contribution in [3.8, 4) is 0 Å². The summed E-state index contributed by atoms with van der Waals surface area (Å²) in [6.07, 6.45) is 0. The molecule has 0 unspecified atom stereocenters. The average molecular weight is 150 g/mol. The number of hydrogen-bond acceptors (Lipinski definition) is 2. The Morgan fingerprint density at radius 1 is 1.36 bits per heavy atom. The van der Waals surface area contributed by atoms with Gasteiger partial charge in [0.25, 0.3) is 0 Å². The first kappa shape index (κ1) is 8.05. The zero-order valence-electron chi connectivity index (χ0n) is 7.26. The van der Waals surface area contributed by atoms with Gasteiger partial charge in [0.2, 0.25) is 0 Å². The molecule has 0 saturated carbocycles. The van der Waals surface area contributed by atoms with Crippen molar-refractivity contribution in [3.05, 3.63) is 23.9 Å². The average Bonchev–Trinajstić information content (AvgIpc) is 1.85. The molecule has 11 heavy (non-hydrogen) atoms. The Labute approximate surface area is 67.7 Å². The van der Waals surface area contributed by atoms with Crippen LogP contribution in [0.4, 0.5) is 5.82 Å². The second-order valence-electron chi connectivity index (χ2n) is 2.96. The van der Waals surface area contributed by atoms with Gasteiger partial charge in [0.15, 0.2) is 0 Å². The fourth-order valence-corrected chi connectivity index (χ4v) is 0.919. The number of nitrogens with one attached hydrogen (secondary N) is 1. The van der Waals surface area contributed by atoms with Crippen molar-refractivity contribution < 1.29 is 0 Å². The summed E-state index contributed by atoms with van der Waals surface area (Å²) < 4.78 is 0. The van der Waals surface area contributed by atoms with Gasteiger partial charge in [0.05, 0.1) is 0 Å². The number of aryl methyl sites for hydroxylation is 1. The van der Waals surface area contributed by atoms with Crippen LogP contribution in [-0.4, -0.2) is 11.0 Å². The summed E-state index contributed by atoms with van der Waals surface area (Å²) in [4.78, 5) is 4.30. The Balaban J connectivity index is 2.71. The van der Waals surface area contributed by atoms with Gasteiger partial charge in [-0.15, -0.1) is 0 Å². The Hall–Kier alpha value is -1.05. The minimum Gasteiger partial charge on any atom is -0.368 e. The third kappa shape index (κ3) is 2.58. The first-order valence-electron chi connectivity index (χ1n) is 3.88. The van der Waals surface area contributed by atoms with E-state index in [-0.39, 0.29) is 0 Å². The molecule has 0 saturated heterocycles. The minimum absolute atomic E-state index is 0.448. The molecule has 2 heteroatoms. The molecule has 0 aliphatic rings. The first-order chi connectivity index (χ1) is 5.18. The fraction of sp³-hybridized carbons (Fsp3) is 0.444. The second-order valence-corrected chi connectivity index (χ2v) is 2.96. The van der Waals surface area contributed by atoms with E-state index < -0.39 is 0 Å². The molecule has 0 bridgehead atoms. The molecule has 60 valence electrons. The summed E-state index contributed by atoms with van der Waals surface area (Å²) in [7, 11) is 0. The quantitative estimate of drug-likeness (QED) is 0.699. The summed E-state index contributed by atoms with van der Waals surface area (Å²) in [6, 6.07) is 6.43. The van der Waals surface area contributed by atoms with Crippen molar-refractivity contribution >= 4 is 5.82 Å². The Morgan fingerprint density at radius 3 is 2.64 bits per heavy atom. The maximum absolute atomic E-state index is 4.30. The summed E-state index contributed by atoms with van der Waals surface area (Å²) >= 11 is 0. The molecule has 1 rings (SSSR count). The fourth-order valence-electron chi connectivity index (χ4n) is 0.919. The maximum atomic E-state index is 4.30. The van der Waals surface area contributed by atoms with Crippen LogP contribution in [0.25, 0.3) is 0 Å². The normalized spacial score (nSPS) is 10.2. The van der Waals surface area contributed by atoms with Crippen molar-refractivity contribution in [2.45, 2.75) is 26.8 Å². The lowest BCUT2D eigenvalue weighted by atomic mass is 10.3. The van der Waals surface area contributed by atoms with Gasteiger partial charge in [0.1, 0.15) is 5.82 Å².